The van der Waals surface area contributed by atoms with Crippen molar-refractivity contribution in [1.82, 2.24) is 0 Å². The largest absolute Gasteiger partial charge is 0.508 e. The fourth-order valence-corrected chi connectivity index (χ4v) is 7.04. The average Bonchev–Trinajstić information content (AvgIpc) is 3.57. The quantitative estimate of drug-likeness (QED) is 0.220. The normalized spacial score (nSPS) is 18.7. The van der Waals surface area contributed by atoms with Gasteiger partial charge in [0, 0.05) is 46.6 Å². The van der Waals surface area contributed by atoms with Gasteiger partial charge in [0.25, 0.3) is 0 Å². The topological polar surface area (TPSA) is 99.1 Å². The molecule has 2 aromatic heterocycles. The molecule has 0 spiro atoms. The Balaban J connectivity index is 0.000000162. The van der Waals surface area contributed by atoms with E-state index >= 15 is 0 Å². The Kier molecular flexibility index (Phi) is 9.41. The number of ether oxygens (including phenoxy) is 2. The number of ketones is 2. The van der Waals surface area contributed by atoms with Crippen molar-refractivity contribution in [3.8, 4) is 11.5 Å². The summed E-state index contributed by atoms with van der Waals surface area (Å²) in [5, 5.41) is 11.3. The molecule has 44 heavy (non-hydrogen) atoms. The summed E-state index contributed by atoms with van der Waals surface area (Å²) >= 11 is 0. The molecule has 234 valence electrons. The van der Waals surface area contributed by atoms with Gasteiger partial charge in [-0.05, 0) is 75.9 Å². The number of carbonyl (C=O) groups excluding carboxylic acids is 2. The molecule has 1 saturated heterocycles. The Morgan fingerprint density at radius 3 is 1.73 bits per heavy atom. The standard InChI is InChI=1S/C21H26O4.C16H18O3/c1-14-18-13-17(24-16-9-11-23-12-10-16)7-8-19(18)25-21(14)20(22)15-5-3-2-4-6-15;1-10-13-9-12(17)7-8-14(13)19-16(10)15(18)11-5-3-2-4-6-11/h7-8,13,15-16H,2-6,9-12H2,1H3;7-9,11,17H,2-6H2,1H3. The molecule has 4 aromatic rings. The van der Waals surface area contributed by atoms with E-state index < -0.39 is 0 Å². The lowest BCUT2D eigenvalue weighted by molar-refractivity contribution is 0.0256. The second-order valence-electron chi connectivity index (χ2n) is 12.8. The van der Waals surface area contributed by atoms with E-state index in [0.717, 1.165) is 111 Å². The lowest BCUT2D eigenvalue weighted by Gasteiger charge is -2.23. The molecule has 2 saturated carbocycles. The summed E-state index contributed by atoms with van der Waals surface area (Å²) in [6.45, 7) is 5.40. The third kappa shape index (κ3) is 6.58. The number of furan rings is 2. The highest BCUT2D eigenvalue weighted by Crippen LogP contribution is 2.35. The Hall–Kier alpha value is -3.58. The van der Waals surface area contributed by atoms with E-state index in [4.69, 9.17) is 18.3 Å². The lowest BCUT2D eigenvalue weighted by atomic mass is 9.85. The van der Waals surface area contributed by atoms with Crippen LogP contribution >= 0.6 is 0 Å². The molecule has 7 rings (SSSR count). The molecule has 1 aliphatic heterocycles. The van der Waals surface area contributed by atoms with Crippen molar-refractivity contribution in [3.05, 3.63) is 59.0 Å². The number of benzene rings is 2. The second-order valence-corrected chi connectivity index (χ2v) is 12.8. The predicted molar refractivity (Wildman–Crippen MR) is 170 cm³/mol. The summed E-state index contributed by atoms with van der Waals surface area (Å²) in [6.07, 6.45) is 13.0. The van der Waals surface area contributed by atoms with Crippen molar-refractivity contribution in [1.29, 1.82) is 0 Å². The Labute approximate surface area is 258 Å². The summed E-state index contributed by atoms with van der Waals surface area (Å²) in [5.41, 5.74) is 3.25. The molecule has 3 fully saturated rings. The number of phenolic OH excluding ortho intramolecular Hbond substituents is 1. The van der Waals surface area contributed by atoms with Crippen LogP contribution in [0.15, 0.2) is 45.2 Å². The highest BCUT2D eigenvalue weighted by molar-refractivity contribution is 6.02. The van der Waals surface area contributed by atoms with Gasteiger partial charge in [-0.15, -0.1) is 0 Å². The van der Waals surface area contributed by atoms with E-state index in [1.54, 1.807) is 18.2 Å². The van der Waals surface area contributed by atoms with Gasteiger partial charge in [0.15, 0.2) is 11.5 Å². The maximum atomic E-state index is 12.9. The molecule has 0 radical (unpaired) electrons. The first kappa shape index (κ1) is 30.4. The van der Waals surface area contributed by atoms with E-state index in [2.05, 4.69) is 0 Å². The van der Waals surface area contributed by atoms with Crippen LogP contribution in [0.1, 0.15) is 109 Å². The van der Waals surface area contributed by atoms with Gasteiger partial charge in [-0.25, -0.2) is 0 Å². The molecule has 2 aliphatic carbocycles. The van der Waals surface area contributed by atoms with Crippen molar-refractivity contribution < 1.29 is 33.0 Å². The second kappa shape index (κ2) is 13.6. The van der Waals surface area contributed by atoms with Gasteiger partial charge in [-0.1, -0.05) is 38.5 Å². The highest BCUT2D eigenvalue weighted by Gasteiger charge is 2.29. The zero-order valence-corrected chi connectivity index (χ0v) is 26.0. The summed E-state index contributed by atoms with van der Waals surface area (Å²) in [7, 11) is 0. The third-order valence-corrected chi connectivity index (χ3v) is 9.70. The van der Waals surface area contributed by atoms with Crippen molar-refractivity contribution in [2.45, 2.75) is 97.0 Å². The van der Waals surface area contributed by atoms with Crippen molar-refractivity contribution in [2.24, 2.45) is 11.8 Å². The number of carbonyl (C=O) groups is 2. The van der Waals surface area contributed by atoms with Crippen LogP contribution in [0, 0.1) is 25.7 Å². The molecule has 3 heterocycles. The lowest BCUT2D eigenvalue weighted by Crippen LogP contribution is -2.25. The average molecular weight is 601 g/mol. The van der Waals surface area contributed by atoms with Gasteiger partial charge >= 0.3 is 0 Å². The van der Waals surface area contributed by atoms with Gasteiger partial charge in [-0.2, -0.15) is 0 Å². The smallest absolute Gasteiger partial charge is 0.201 e. The minimum absolute atomic E-state index is 0.113. The number of Topliss-reactive ketones (excluding diaryl/α,β-unsaturated/α-hetero) is 2. The fourth-order valence-electron chi connectivity index (χ4n) is 7.04. The van der Waals surface area contributed by atoms with Gasteiger partial charge in [0.2, 0.25) is 11.6 Å². The van der Waals surface area contributed by atoms with E-state index in [9.17, 15) is 14.7 Å². The van der Waals surface area contributed by atoms with E-state index in [1.165, 1.54) is 12.8 Å². The predicted octanol–water partition coefficient (Wildman–Crippen LogP) is 9.27. The molecule has 3 aliphatic rings. The maximum absolute atomic E-state index is 12.9. The number of hydrogen-bond acceptors (Lipinski definition) is 7. The van der Waals surface area contributed by atoms with Gasteiger partial charge in [0.1, 0.15) is 28.8 Å². The van der Waals surface area contributed by atoms with Crippen LogP contribution in [0.25, 0.3) is 21.9 Å². The van der Waals surface area contributed by atoms with Crippen molar-refractivity contribution >= 4 is 33.5 Å². The molecule has 0 atom stereocenters. The third-order valence-electron chi connectivity index (χ3n) is 9.70. The van der Waals surface area contributed by atoms with Crippen molar-refractivity contribution in [2.75, 3.05) is 13.2 Å². The minimum Gasteiger partial charge on any atom is -0.508 e. The molecule has 1 N–H and O–H groups in total. The first-order valence-corrected chi connectivity index (χ1v) is 16.5. The molecular formula is C37H44O7. The maximum Gasteiger partial charge on any atom is 0.201 e. The Bertz CT molecular complexity index is 1610. The fraction of sp³-hybridized carbons (Fsp3) is 0.514. The molecule has 2 aromatic carbocycles. The van der Waals surface area contributed by atoms with Gasteiger partial charge in [-0.3, -0.25) is 9.59 Å². The van der Waals surface area contributed by atoms with Crippen LogP contribution < -0.4 is 4.74 Å². The molecule has 0 amide bonds. The SMILES string of the molecule is Cc1c(C(=O)C2CCCCC2)oc2ccc(O)cc12.Cc1c(C(=O)C2CCCCC2)oc2ccc(OC3CCOCC3)cc12. The van der Waals surface area contributed by atoms with E-state index in [1.807, 2.05) is 32.0 Å². The van der Waals surface area contributed by atoms with Gasteiger partial charge < -0.3 is 23.4 Å². The first-order chi connectivity index (χ1) is 21.4. The van der Waals surface area contributed by atoms with Crippen LogP contribution in [0.2, 0.25) is 0 Å². The minimum atomic E-state index is 0.113. The van der Waals surface area contributed by atoms with Gasteiger partial charge in [0.05, 0.1) is 13.2 Å². The zero-order chi connectivity index (χ0) is 30.6. The van der Waals surface area contributed by atoms with Crippen molar-refractivity contribution in [3.63, 3.8) is 0 Å². The summed E-state index contributed by atoms with van der Waals surface area (Å²) in [6, 6.07) is 10.8. The number of rotatable bonds is 6. The molecule has 7 nitrogen and oxygen atoms in total. The number of phenols is 1. The summed E-state index contributed by atoms with van der Waals surface area (Å²) < 4.78 is 23.1. The number of aryl methyl sites for hydroxylation is 2. The molecule has 7 heteroatoms. The number of fused-ring (bicyclic) bond motifs is 2. The summed E-state index contributed by atoms with van der Waals surface area (Å²) in [4.78, 5) is 25.4. The molecule has 0 bridgehead atoms. The monoisotopic (exact) mass is 600 g/mol. The number of hydrogen-bond donors (Lipinski definition) is 1. The van der Waals surface area contributed by atoms with E-state index in [0.29, 0.717) is 17.1 Å². The molecule has 0 unspecified atom stereocenters. The van der Waals surface area contributed by atoms with Crippen LogP contribution in [0.4, 0.5) is 0 Å². The highest BCUT2D eigenvalue weighted by atomic mass is 16.5. The number of aromatic hydroxyl groups is 1. The van der Waals surface area contributed by atoms with Crippen LogP contribution in [-0.4, -0.2) is 36.0 Å². The van der Waals surface area contributed by atoms with Crippen LogP contribution in [0.3, 0.4) is 0 Å². The van der Waals surface area contributed by atoms with E-state index in [-0.39, 0.29) is 35.3 Å². The molecular weight excluding hydrogens is 556 g/mol. The Morgan fingerprint density at radius 1 is 0.682 bits per heavy atom. The van der Waals surface area contributed by atoms with Crippen LogP contribution in [0.5, 0.6) is 11.5 Å². The summed E-state index contributed by atoms with van der Waals surface area (Å²) in [5.74, 6) is 2.63. The zero-order valence-electron chi connectivity index (χ0n) is 26.0. The Morgan fingerprint density at radius 2 is 1.18 bits per heavy atom. The van der Waals surface area contributed by atoms with Crippen LogP contribution in [-0.2, 0) is 4.74 Å². The first-order valence-electron chi connectivity index (χ1n) is 16.5.